The van der Waals surface area contributed by atoms with E-state index in [1.807, 2.05) is 11.3 Å². The summed E-state index contributed by atoms with van der Waals surface area (Å²) in [5, 5.41) is 2.14. The minimum absolute atomic E-state index is 0.436. The number of rotatable bonds is 2. The first kappa shape index (κ1) is 13.6. The maximum absolute atomic E-state index is 5.39. The summed E-state index contributed by atoms with van der Waals surface area (Å²) in [6.07, 6.45) is 4.03. The zero-order valence-corrected chi connectivity index (χ0v) is 12.1. The van der Waals surface area contributed by atoms with E-state index in [1.54, 1.807) is 0 Å². The number of nitrogens with zero attached hydrogens (tertiary/aromatic N) is 1. The van der Waals surface area contributed by atoms with Crippen molar-refractivity contribution in [2.75, 3.05) is 6.54 Å². The van der Waals surface area contributed by atoms with Gasteiger partial charge in [-0.05, 0) is 32.8 Å². The van der Waals surface area contributed by atoms with Gasteiger partial charge in [0, 0.05) is 34.4 Å². The van der Waals surface area contributed by atoms with Crippen LogP contribution in [0.5, 0.6) is 0 Å². The lowest BCUT2D eigenvalue weighted by molar-refractivity contribution is 0.0964. The summed E-state index contributed by atoms with van der Waals surface area (Å²) in [5.74, 6) is 6.01. The van der Waals surface area contributed by atoms with E-state index in [4.69, 9.17) is 5.73 Å². The van der Waals surface area contributed by atoms with Gasteiger partial charge < -0.3 is 5.73 Å². The van der Waals surface area contributed by atoms with Gasteiger partial charge in [0.15, 0.2) is 0 Å². The summed E-state index contributed by atoms with van der Waals surface area (Å²) in [7, 11) is 0. The topological polar surface area (TPSA) is 29.3 Å². The first-order valence-electron chi connectivity index (χ1n) is 6.73. The molecule has 2 rings (SSSR count). The Labute approximate surface area is 114 Å². The zero-order chi connectivity index (χ0) is 13.0. The molecule has 1 aromatic heterocycles. The van der Waals surface area contributed by atoms with E-state index in [-0.39, 0.29) is 0 Å². The molecule has 1 aromatic rings. The van der Waals surface area contributed by atoms with Crippen LogP contribution in [-0.2, 0) is 6.54 Å². The van der Waals surface area contributed by atoms with Gasteiger partial charge in [0.1, 0.15) is 0 Å². The molecule has 0 bridgehead atoms. The largest absolute Gasteiger partial charge is 0.320 e. The predicted molar refractivity (Wildman–Crippen MR) is 78.6 cm³/mol. The maximum Gasteiger partial charge on any atom is 0.0555 e. The summed E-state index contributed by atoms with van der Waals surface area (Å²) in [4.78, 5) is 4.03. The highest BCUT2D eigenvalue weighted by molar-refractivity contribution is 7.10. The molecule has 0 amide bonds. The van der Waals surface area contributed by atoms with Crippen molar-refractivity contribution >= 4 is 11.3 Å². The molecule has 2 nitrogen and oxygen atoms in total. The van der Waals surface area contributed by atoms with Crippen LogP contribution in [0.2, 0.25) is 0 Å². The fraction of sp³-hybridized carbons (Fsp3) is 0.600. The van der Waals surface area contributed by atoms with E-state index >= 15 is 0 Å². The molecule has 0 aromatic carbocycles. The van der Waals surface area contributed by atoms with Gasteiger partial charge in [-0.2, -0.15) is 0 Å². The second kappa shape index (κ2) is 6.38. The Hall–Kier alpha value is -0.820. The van der Waals surface area contributed by atoms with Gasteiger partial charge in [-0.1, -0.05) is 18.3 Å². The van der Waals surface area contributed by atoms with Crippen LogP contribution in [0, 0.1) is 11.8 Å². The van der Waals surface area contributed by atoms with Crippen LogP contribution in [-0.4, -0.2) is 23.5 Å². The third kappa shape index (κ3) is 3.35. The standard InChI is InChI=1S/C15H22N2S/c1-12-5-3-6-13(2)17(12)10-15-9-14(11-18-15)7-4-8-16/h9,11-13H,3,5-6,8,10,16H2,1-2H3/t12-,13+. The summed E-state index contributed by atoms with van der Waals surface area (Å²) < 4.78 is 0. The smallest absolute Gasteiger partial charge is 0.0555 e. The lowest BCUT2D eigenvalue weighted by Crippen LogP contribution is -2.42. The Morgan fingerprint density at radius 3 is 2.78 bits per heavy atom. The minimum Gasteiger partial charge on any atom is -0.320 e. The molecular weight excluding hydrogens is 240 g/mol. The van der Waals surface area contributed by atoms with Crippen LogP contribution in [0.15, 0.2) is 11.4 Å². The van der Waals surface area contributed by atoms with Crippen molar-refractivity contribution in [3.63, 3.8) is 0 Å². The number of likely N-dealkylation sites (tertiary alicyclic amines) is 1. The molecular formula is C15H22N2S. The Kier molecular flexibility index (Phi) is 4.82. The normalized spacial score (nSPS) is 24.6. The molecule has 0 saturated carbocycles. The van der Waals surface area contributed by atoms with Gasteiger partial charge in [0.25, 0.3) is 0 Å². The first-order chi connectivity index (χ1) is 8.70. The van der Waals surface area contributed by atoms with Crippen molar-refractivity contribution in [3.05, 3.63) is 21.9 Å². The molecule has 3 heteroatoms. The van der Waals surface area contributed by atoms with Crippen LogP contribution in [0.25, 0.3) is 0 Å². The average Bonchev–Trinajstić information content (AvgIpc) is 2.79. The van der Waals surface area contributed by atoms with Crippen molar-refractivity contribution in [1.82, 2.24) is 4.90 Å². The highest BCUT2D eigenvalue weighted by Gasteiger charge is 2.24. The monoisotopic (exact) mass is 262 g/mol. The predicted octanol–water partition coefficient (Wildman–Crippen LogP) is 2.82. The summed E-state index contributed by atoms with van der Waals surface area (Å²) in [6.45, 7) is 6.19. The van der Waals surface area contributed by atoms with Gasteiger partial charge in [-0.15, -0.1) is 11.3 Å². The lowest BCUT2D eigenvalue weighted by atomic mass is 9.97. The van der Waals surface area contributed by atoms with E-state index in [2.05, 4.69) is 42.0 Å². The molecule has 0 radical (unpaired) electrons. The number of hydrogen-bond donors (Lipinski definition) is 1. The van der Waals surface area contributed by atoms with Gasteiger partial charge >= 0.3 is 0 Å². The summed E-state index contributed by atoms with van der Waals surface area (Å²) in [5.41, 5.74) is 6.50. The maximum atomic E-state index is 5.39. The van der Waals surface area contributed by atoms with Gasteiger partial charge in [-0.3, -0.25) is 4.90 Å². The van der Waals surface area contributed by atoms with Crippen molar-refractivity contribution in [2.45, 2.75) is 51.7 Å². The van der Waals surface area contributed by atoms with Crippen LogP contribution in [0.3, 0.4) is 0 Å². The van der Waals surface area contributed by atoms with E-state index in [9.17, 15) is 0 Å². The summed E-state index contributed by atoms with van der Waals surface area (Å²) in [6, 6.07) is 3.62. The average molecular weight is 262 g/mol. The molecule has 2 heterocycles. The number of piperidine rings is 1. The van der Waals surface area contributed by atoms with Crippen molar-refractivity contribution in [3.8, 4) is 11.8 Å². The molecule has 1 saturated heterocycles. The molecule has 0 spiro atoms. The van der Waals surface area contributed by atoms with Crippen LogP contribution < -0.4 is 5.73 Å². The van der Waals surface area contributed by atoms with Gasteiger partial charge in [0.05, 0.1) is 6.54 Å². The second-order valence-electron chi connectivity index (χ2n) is 5.11. The van der Waals surface area contributed by atoms with E-state index in [0.29, 0.717) is 18.6 Å². The molecule has 98 valence electrons. The Balaban J connectivity index is 2.01. The molecule has 0 unspecified atom stereocenters. The van der Waals surface area contributed by atoms with Crippen molar-refractivity contribution in [2.24, 2.45) is 5.73 Å². The van der Waals surface area contributed by atoms with Gasteiger partial charge in [-0.25, -0.2) is 0 Å². The SMILES string of the molecule is C[C@@H]1CCC[C@H](C)N1Cc1cc(C#CCN)cs1. The highest BCUT2D eigenvalue weighted by atomic mass is 32.1. The quantitative estimate of drug-likeness (QED) is 0.830. The van der Waals surface area contributed by atoms with Crippen LogP contribution in [0.1, 0.15) is 43.6 Å². The van der Waals surface area contributed by atoms with E-state index in [1.165, 1.54) is 24.1 Å². The minimum atomic E-state index is 0.436. The number of nitrogens with two attached hydrogens (primary N) is 1. The molecule has 1 aliphatic heterocycles. The Morgan fingerprint density at radius 2 is 2.11 bits per heavy atom. The summed E-state index contributed by atoms with van der Waals surface area (Å²) >= 11 is 1.81. The lowest BCUT2D eigenvalue weighted by Gasteiger charge is -2.38. The molecule has 18 heavy (non-hydrogen) atoms. The third-order valence-electron chi connectivity index (χ3n) is 3.70. The fourth-order valence-corrected chi connectivity index (χ4v) is 3.47. The fourth-order valence-electron chi connectivity index (χ4n) is 2.65. The van der Waals surface area contributed by atoms with Gasteiger partial charge in [0.2, 0.25) is 0 Å². The first-order valence-corrected chi connectivity index (χ1v) is 7.60. The Bertz CT molecular complexity index is 431. The van der Waals surface area contributed by atoms with Crippen LogP contribution in [0.4, 0.5) is 0 Å². The van der Waals surface area contributed by atoms with E-state index in [0.717, 1.165) is 12.1 Å². The van der Waals surface area contributed by atoms with E-state index < -0.39 is 0 Å². The zero-order valence-electron chi connectivity index (χ0n) is 11.3. The molecule has 1 aliphatic rings. The third-order valence-corrected chi connectivity index (χ3v) is 4.62. The molecule has 1 fully saturated rings. The van der Waals surface area contributed by atoms with Crippen molar-refractivity contribution in [1.29, 1.82) is 0 Å². The van der Waals surface area contributed by atoms with Crippen molar-refractivity contribution < 1.29 is 0 Å². The Morgan fingerprint density at radius 1 is 1.39 bits per heavy atom. The van der Waals surface area contributed by atoms with Crippen LogP contribution >= 0.6 is 11.3 Å². The number of thiophene rings is 1. The molecule has 2 N–H and O–H groups in total. The molecule has 0 aliphatic carbocycles. The molecule has 2 atom stereocenters. The second-order valence-corrected chi connectivity index (χ2v) is 6.10. The number of hydrogen-bond acceptors (Lipinski definition) is 3. The highest BCUT2D eigenvalue weighted by Crippen LogP contribution is 2.26.